The van der Waals surface area contributed by atoms with Crippen LogP contribution < -0.4 is 16.4 Å². The molecule has 3 rings (SSSR count). The van der Waals surface area contributed by atoms with Crippen molar-refractivity contribution in [3.63, 3.8) is 0 Å². The second kappa shape index (κ2) is 14.7. The molecule has 4 atom stereocenters. The molecule has 11 nitrogen and oxygen atoms in total. The van der Waals surface area contributed by atoms with Crippen LogP contribution >= 0.6 is 8.53 Å². The highest BCUT2D eigenvalue weighted by Gasteiger charge is 2.41. The van der Waals surface area contributed by atoms with Crippen LogP contribution in [0.4, 0.5) is 0 Å². The van der Waals surface area contributed by atoms with Crippen molar-refractivity contribution in [1.29, 1.82) is 5.26 Å². The minimum atomic E-state index is -1.86. The van der Waals surface area contributed by atoms with Crippen LogP contribution in [-0.4, -0.2) is 65.8 Å². The van der Waals surface area contributed by atoms with Gasteiger partial charge in [0, 0.05) is 30.3 Å². The lowest BCUT2D eigenvalue weighted by Crippen LogP contribution is -2.42. The first kappa shape index (κ1) is 33.8. The Morgan fingerprint density at radius 2 is 1.86 bits per heavy atom. The summed E-state index contributed by atoms with van der Waals surface area (Å²) in [6, 6.07) is 9.77. The molecule has 42 heavy (non-hydrogen) atoms. The SMILES string of the molecule is Cc1cn([C@H]2C[C@H](OC(=O)c3ccccc3[Si](C)(C)C)[C@@H](COP(OCCC#N)N(C(C)C)C(C)C)O2)c(=O)[nH]c1=O. The number of hydrogen-bond acceptors (Lipinski definition) is 9. The highest BCUT2D eigenvalue weighted by molar-refractivity contribution is 7.44. The van der Waals surface area contributed by atoms with Gasteiger partial charge < -0.3 is 18.5 Å². The molecule has 0 spiro atoms. The average molecular weight is 619 g/mol. The molecule has 13 heteroatoms. The zero-order chi connectivity index (χ0) is 31.2. The number of aryl methyl sites for hydroxylation is 1. The van der Waals surface area contributed by atoms with Crippen molar-refractivity contribution in [3.8, 4) is 6.07 Å². The molecule has 1 aliphatic heterocycles. The maximum absolute atomic E-state index is 13.6. The van der Waals surface area contributed by atoms with Crippen molar-refractivity contribution in [2.45, 2.75) is 97.6 Å². The Hall–Kier alpha value is -2.65. The van der Waals surface area contributed by atoms with Crippen LogP contribution in [0.5, 0.6) is 0 Å². The van der Waals surface area contributed by atoms with Gasteiger partial charge in [0.25, 0.3) is 14.1 Å². The molecule has 1 aromatic carbocycles. The van der Waals surface area contributed by atoms with Gasteiger partial charge in [-0.1, -0.05) is 37.8 Å². The normalized spacial score (nSPS) is 19.8. The van der Waals surface area contributed by atoms with Crippen LogP contribution in [0.2, 0.25) is 19.6 Å². The molecule has 2 aromatic rings. The first-order valence-corrected chi connectivity index (χ1v) is 18.9. The van der Waals surface area contributed by atoms with Gasteiger partial charge in [-0.2, -0.15) is 5.26 Å². The molecule has 0 radical (unpaired) electrons. The van der Waals surface area contributed by atoms with Crippen molar-refractivity contribution in [1.82, 2.24) is 14.2 Å². The van der Waals surface area contributed by atoms with Crippen molar-refractivity contribution in [3.05, 3.63) is 62.4 Å². The third-order valence-corrected chi connectivity index (χ3v) is 11.0. The summed E-state index contributed by atoms with van der Waals surface area (Å²) in [4.78, 5) is 40.5. The van der Waals surface area contributed by atoms with Gasteiger partial charge in [0.15, 0.2) is 0 Å². The maximum Gasteiger partial charge on any atom is 0.338 e. The van der Waals surface area contributed by atoms with E-state index in [0.717, 1.165) is 5.19 Å². The number of nitriles is 1. The lowest BCUT2D eigenvalue weighted by atomic mass is 10.1. The van der Waals surface area contributed by atoms with Crippen LogP contribution in [0.25, 0.3) is 0 Å². The summed E-state index contributed by atoms with van der Waals surface area (Å²) in [5.41, 5.74) is -0.207. The van der Waals surface area contributed by atoms with Gasteiger partial charge in [0.2, 0.25) is 0 Å². The van der Waals surface area contributed by atoms with E-state index >= 15 is 0 Å². The topological polar surface area (TPSA) is 136 Å². The number of ether oxygens (including phenoxy) is 2. The number of benzene rings is 1. The Morgan fingerprint density at radius 3 is 2.48 bits per heavy atom. The fraction of sp³-hybridized carbons (Fsp3) is 0.586. The van der Waals surface area contributed by atoms with E-state index in [2.05, 4.69) is 35.4 Å². The molecule has 1 aliphatic rings. The maximum atomic E-state index is 13.6. The predicted octanol–water partition coefficient (Wildman–Crippen LogP) is 4.20. The van der Waals surface area contributed by atoms with Gasteiger partial charge in [0.05, 0.1) is 39.3 Å². The quantitative estimate of drug-likeness (QED) is 0.152. The summed E-state index contributed by atoms with van der Waals surface area (Å²) >= 11 is 0. The number of hydrogen-bond donors (Lipinski definition) is 1. The summed E-state index contributed by atoms with van der Waals surface area (Å²) in [5, 5.41) is 10.0. The Balaban J connectivity index is 1.91. The van der Waals surface area contributed by atoms with Crippen LogP contribution in [-0.2, 0) is 18.5 Å². The van der Waals surface area contributed by atoms with E-state index in [4.69, 9.17) is 23.8 Å². The van der Waals surface area contributed by atoms with Crippen molar-refractivity contribution in [2.24, 2.45) is 0 Å². The number of H-pyrrole nitrogens is 1. The van der Waals surface area contributed by atoms with Gasteiger partial charge in [-0.15, -0.1) is 0 Å². The third-order valence-electron chi connectivity index (χ3n) is 6.86. The average Bonchev–Trinajstić information content (AvgIpc) is 3.30. The predicted molar refractivity (Wildman–Crippen MR) is 164 cm³/mol. The number of carbonyl (C=O) groups excluding carboxylic acids is 1. The van der Waals surface area contributed by atoms with Crippen molar-refractivity contribution < 1.29 is 23.3 Å². The highest BCUT2D eigenvalue weighted by Crippen LogP contribution is 2.47. The summed E-state index contributed by atoms with van der Waals surface area (Å²) in [6.45, 7) is 16.5. The van der Waals surface area contributed by atoms with Crippen molar-refractivity contribution in [2.75, 3.05) is 13.2 Å². The molecule has 0 bridgehead atoms. The number of nitrogens with one attached hydrogen (secondary N) is 1. The first-order valence-electron chi connectivity index (χ1n) is 14.2. The standard InChI is InChI=1S/C29H43N4O7PSi/c1-19(2)33(20(3)4)41(37-15-11-14-30)38-18-24-23(16-26(39-24)32-17-21(5)27(34)31-29(32)36)40-28(35)22-12-9-10-13-25(22)42(6,7)8/h9-10,12-13,17,19-20,23-24,26H,11,15-16,18H2,1-8H3,(H,31,34,36)/t23-,24+,26+,41?/m0/s1. The van der Waals surface area contributed by atoms with E-state index in [-0.39, 0.29) is 38.1 Å². The summed E-state index contributed by atoms with van der Waals surface area (Å²) in [6.07, 6.45) is -0.387. The monoisotopic (exact) mass is 618 g/mol. The van der Waals surface area contributed by atoms with E-state index in [9.17, 15) is 14.4 Å². The zero-order valence-corrected chi connectivity index (χ0v) is 27.6. The second-order valence-electron chi connectivity index (χ2n) is 11.9. The molecule has 0 amide bonds. The Bertz CT molecular complexity index is 1370. The van der Waals surface area contributed by atoms with Crippen LogP contribution in [0.15, 0.2) is 40.1 Å². The number of rotatable bonds is 13. The molecule has 1 saturated heterocycles. The molecular formula is C29H43N4O7PSi. The molecule has 1 fully saturated rings. The minimum absolute atomic E-state index is 0.0232. The highest BCUT2D eigenvalue weighted by atomic mass is 31.2. The van der Waals surface area contributed by atoms with Crippen LogP contribution in [0, 0.1) is 18.3 Å². The van der Waals surface area contributed by atoms with Gasteiger partial charge in [-0.3, -0.25) is 14.3 Å². The summed E-state index contributed by atoms with van der Waals surface area (Å²) < 4.78 is 28.1. The number of esters is 1. The van der Waals surface area contributed by atoms with Crippen molar-refractivity contribution >= 4 is 27.8 Å². The van der Waals surface area contributed by atoms with Gasteiger partial charge in [-0.05, 0) is 45.9 Å². The molecule has 1 N–H and O–H groups in total. The van der Waals surface area contributed by atoms with Crippen LogP contribution in [0.1, 0.15) is 62.7 Å². The number of aromatic nitrogens is 2. The molecule has 2 heterocycles. The smallest absolute Gasteiger partial charge is 0.338 e. The molecule has 0 saturated carbocycles. The zero-order valence-electron chi connectivity index (χ0n) is 25.7. The van der Waals surface area contributed by atoms with E-state index in [0.29, 0.717) is 11.1 Å². The summed E-state index contributed by atoms with van der Waals surface area (Å²) in [5.74, 6) is -0.462. The molecule has 1 unspecified atom stereocenters. The fourth-order valence-electron chi connectivity index (χ4n) is 4.91. The van der Waals surface area contributed by atoms with Gasteiger partial charge in [-0.25, -0.2) is 14.3 Å². The van der Waals surface area contributed by atoms with E-state index in [1.54, 1.807) is 13.0 Å². The Morgan fingerprint density at radius 1 is 1.19 bits per heavy atom. The summed E-state index contributed by atoms with van der Waals surface area (Å²) in [7, 11) is -3.43. The van der Waals surface area contributed by atoms with Crippen LogP contribution in [0.3, 0.4) is 0 Å². The molecule has 1 aromatic heterocycles. The van der Waals surface area contributed by atoms with E-state index in [1.807, 2.05) is 45.9 Å². The molecular weight excluding hydrogens is 575 g/mol. The second-order valence-corrected chi connectivity index (χ2v) is 18.4. The lowest BCUT2D eigenvalue weighted by molar-refractivity contribution is -0.0497. The minimum Gasteiger partial charge on any atom is -0.456 e. The molecule has 230 valence electrons. The number of aromatic amines is 1. The first-order chi connectivity index (χ1) is 19.7. The third kappa shape index (κ3) is 8.46. The lowest BCUT2D eigenvalue weighted by Gasteiger charge is -2.36. The fourth-order valence-corrected chi connectivity index (χ4v) is 8.12. The van der Waals surface area contributed by atoms with E-state index in [1.165, 1.54) is 10.8 Å². The molecule has 0 aliphatic carbocycles. The van der Waals surface area contributed by atoms with Gasteiger partial charge >= 0.3 is 11.7 Å². The van der Waals surface area contributed by atoms with E-state index < -0.39 is 52.3 Å². The number of carbonyl (C=O) groups is 1. The Labute approximate surface area is 249 Å². The Kier molecular flexibility index (Phi) is 11.8. The largest absolute Gasteiger partial charge is 0.456 e. The number of nitrogens with zero attached hydrogens (tertiary/aromatic N) is 3. The van der Waals surface area contributed by atoms with Gasteiger partial charge in [0.1, 0.15) is 18.4 Å².